The van der Waals surface area contributed by atoms with Crippen LogP contribution in [0.3, 0.4) is 0 Å². The highest BCUT2D eigenvalue weighted by atomic mass is 35.5. The van der Waals surface area contributed by atoms with Crippen LogP contribution in [-0.4, -0.2) is 63.6 Å². The highest BCUT2D eigenvalue weighted by Crippen LogP contribution is 2.34. The molecule has 1 aromatic carbocycles. The normalized spacial score (nSPS) is 14.0. The van der Waals surface area contributed by atoms with Crippen molar-refractivity contribution in [3.8, 4) is 17.0 Å². The summed E-state index contributed by atoms with van der Waals surface area (Å²) in [5.74, 6) is 0.551. The van der Waals surface area contributed by atoms with Crippen LogP contribution in [0.25, 0.3) is 16.9 Å². The molecule has 34 heavy (non-hydrogen) atoms. The molecular formula is C25H24ClN5O3. The third-order valence-corrected chi connectivity index (χ3v) is 6.42. The Morgan fingerprint density at radius 3 is 2.59 bits per heavy atom. The van der Waals surface area contributed by atoms with Gasteiger partial charge in [-0.05, 0) is 35.9 Å². The number of rotatable bonds is 5. The zero-order chi connectivity index (χ0) is 23.7. The highest BCUT2D eigenvalue weighted by Gasteiger charge is 2.23. The number of amides is 1. The van der Waals surface area contributed by atoms with Gasteiger partial charge in [-0.25, -0.2) is 4.98 Å². The Labute approximate surface area is 202 Å². The van der Waals surface area contributed by atoms with Gasteiger partial charge >= 0.3 is 0 Å². The molecule has 3 aromatic heterocycles. The van der Waals surface area contributed by atoms with Crippen molar-refractivity contribution in [2.75, 3.05) is 38.2 Å². The number of aliphatic hydroxyl groups is 1. The number of carbonyl (C=O) groups is 1. The van der Waals surface area contributed by atoms with Crippen molar-refractivity contribution in [2.45, 2.75) is 6.61 Å². The summed E-state index contributed by atoms with van der Waals surface area (Å²) >= 11 is 6.33. The third kappa shape index (κ3) is 4.18. The van der Waals surface area contributed by atoms with Gasteiger partial charge in [-0.3, -0.25) is 9.78 Å². The van der Waals surface area contributed by atoms with Crippen LogP contribution in [0.2, 0.25) is 5.02 Å². The minimum atomic E-state index is -0.148. The quantitative estimate of drug-likeness (QED) is 0.473. The molecular weight excluding hydrogens is 454 g/mol. The molecule has 0 unspecified atom stereocenters. The van der Waals surface area contributed by atoms with E-state index in [2.05, 4.69) is 9.88 Å². The maximum Gasteiger partial charge on any atom is 0.254 e. The number of carbonyl (C=O) groups excluding carboxylic acids is 1. The van der Waals surface area contributed by atoms with E-state index < -0.39 is 0 Å². The number of aromatic nitrogens is 3. The van der Waals surface area contributed by atoms with E-state index in [1.807, 2.05) is 33.8 Å². The van der Waals surface area contributed by atoms with Gasteiger partial charge < -0.3 is 24.0 Å². The van der Waals surface area contributed by atoms with Gasteiger partial charge in [-0.2, -0.15) is 0 Å². The molecule has 0 aliphatic carbocycles. The van der Waals surface area contributed by atoms with Crippen LogP contribution in [0.4, 0.5) is 5.69 Å². The van der Waals surface area contributed by atoms with E-state index in [0.717, 1.165) is 35.7 Å². The van der Waals surface area contributed by atoms with Crippen molar-refractivity contribution in [1.82, 2.24) is 19.3 Å². The summed E-state index contributed by atoms with van der Waals surface area (Å²) in [6, 6.07) is 11.1. The van der Waals surface area contributed by atoms with Crippen LogP contribution < -0.4 is 9.64 Å². The van der Waals surface area contributed by atoms with E-state index in [0.29, 0.717) is 35.0 Å². The Hall–Kier alpha value is -3.62. The molecule has 1 saturated heterocycles. The minimum absolute atomic E-state index is 0.0354. The summed E-state index contributed by atoms with van der Waals surface area (Å²) in [7, 11) is 1.54. The second kappa shape index (κ2) is 9.32. The summed E-state index contributed by atoms with van der Waals surface area (Å²) in [5, 5.41) is 10.3. The zero-order valence-corrected chi connectivity index (χ0v) is 19.4. The van der Waals surface area contributed by atoms with Gasteiger partial charge in [0.2, 0.25) is 0 Å². The summed E-state index contributed by atoms with van der Waals surface area (Å²) in [6.45, 7) is 2.63. The maximum atomic E-state index is 12.7. The van der Waals surface area contributed by atoms with Gasteiger partial charge in [0.1, 0.15) is 11.4 Å². The predicted molar refractivity (Wildman–Crippen MR) is 130 cm³/mol. The number of hydrogen-bond acceptors (Lipinski definition) is 6. The number of pyridine rings is 2. The van der Waals surface area contributed by atoms with Gasteiger partial charge in [0.15, 0.2) is 0 Å². The molecule has 0 bridgehead atoms. The standard InChI is InChI=1S/C25H24ClN5O3/c1-34-23-12-18(16-32)20(14-21(23)26)22-15-31-7-4-19(13-24(31)28-22)29-8-10-30(11-9-29)25(33)17-2-5-27-6-3-17/h2-7,12-15,32H,8-11,16H2,1H3. The Bertz CT molecular complexity index is 1330. The molecule has 4 heterocycles. The van der Waals surface area contributed by atoms with E-state index in [1.165, 1.54) is 0 Å². The SMILES string of the molecule is COc1cc(CO)c(-c2cn3ccc(N4CCN(C(=O)c5ccncc5)CC4)cc3n2)cc1Cl. The molecule has 0 atom stereocenters. The fourth-order valence-electron chi connectivity index (χ4n) is 4.26. The molecule has 0 spiro atoms. The third-order valence-electron chi connectivity index (χ3n) is 6.13. The molecule has 1 N–H and O–H groups in total. The number of piperazine rings is 1. The summed E-state index contributed by atoms with van der Waals surface area (Å²) in [4.78, 5) is 25.6. The Kier molecular flexibility index (Phi) is 6.08. The van der Waals surface area contributed by atoms with E-state index in [-0.39, 0.29) is 12.5 Å². The lowest BCUT2D eigenvalue weighted by molar-refractivity contribution is 0.0746. The highest BCUT2D eigenvalue weighted by molar-refractivity contribution is 6.32. The molecule has 1 aliphatic heterocycles. The number of imidazole rings is 1. The lowest BCUT2D eigenvalue weighted by atomic mass is 10.1. The van der Waals surface area contributed by atoms with Gasteiger partial charge in [0.25, 0.3) is 5.91 Å². The van der Waals surface area contributed by atoms with E-state index in [9.17, 15) is 9.90 Å². The van der Waals surface area contributed by atoms with Crippen LogP contribution in [0.15, 0.2) is 61.2 Å². The van der Waals surface area contributed by atoms with Gasteiger partial charge in [0, 0.05) is 73.8 Å². The lowest BCUT2D eigenvalue weighted by Crippen LogP contribution is -2.48. The van der Waals surface area contributed by atoms with Crippen LogP contribution in [0.1, 0.15) is 15.9 Å². The fraction of sp³-hybridized carbons (Fsp3) is 0.240. The lowest BCUT2D eigenvalue weighted by Gasteiger charge is -2.36. The topological polar surface area (TPSA) is 83.2 Å². The Balaban J connectivity index is 1.35. The number of nitrogens with zero attached hydrogens (tertiary/aromatic N) is 5. The van der Waals surface area contributed by atoms with Crippen molar-refractivity contribution in [1.29, 1.82) is 0 Å². The summed E-state index contributed by atoms with van der Waals surface area (Å²) in [6.07, 6.45) is 7.17. The van der Waals surface area contributed by atoms with E-state index in [4.69, 9.17) is 21.3 Å². The van der Waals surface area contributed by atoms with Gasteiger partial charge in [-0.15, -0.1) is 0 Å². The monoisotopic (exact) mass is 477 g/mol. The summed E-state index contributed by atoms with van der Waals surface area (Å²) < 4.78 is 7.21. The average molecular weight is 478 g/mol. The molecule has 0 saturated carbocycles. The minimum Gasteiger partial charge on any atom is -0.495 e. The molecule has 4 aromatic rings. The van der Waals surface area contributed by atoms with Crippen molar-refractivity contribution in [3.05, 3.63) is 77.3 Å². The Morgan fingerprint density at radius 2 is 1.88 bits per heavy atom. The molecule has 1 amide bonds. The molecule has 0 radical (unpaired) electrons. The first kappa shape index (κ1) is 22.2. The second-order valence-corrected chi connectivity index (χ2v) is 8.50. The maximum absolute atomic E-state index is 12.7. The van der Waals surface area contributed by atoms with Crippen LogP contribution in [0.5, 0.6) is 5.75 Å². The number of ether oxygens (including phenoxy) is 1. The smallest absolute Gasteiger partial charge is 0.254 e. The fourth-order valence-corrected chi connectivity index (χ4v) is 4.50. The molecule has 174 valence electrons. The van der Waals surface area contributed by atoms with E-state index in [1.54, 1.807) is 43.8 Å². The molecule has 5 rings (SSSR count). The average Bonchev–Trinajstić information content (AvgIpc) is 3.32. The number of hydrogen-bond donors (Lipinski definition) is 1. The Morgan fingerprint density at radius 1 is 1.12 bits per heavy atom. The van der Waals surface area contributed by atoms with Gasteiger partial charge in [0.05, 0.1) is 24.4 Å². The molecule has 1 aliphatic rings. The first-order valence-electron chi connectivity index (χ1n) is 11.0. The molecule has 8 nitrogen and oxygen atoms in total. The first-order valence-corrected chi connectivity index (χ1v) is 11.4. The van der Waals surface area contributed by atoms with Crippen molar-refractivity contribution in [2.24, 2.45) is 0 Å². The van der Waals surface area contributed by atoms with Gasteiger partial charge in [-0.1, -0.05) is 11.6 Å². The summed E-state index contributed by atoms with van der Waals surface area (Å²) in [5.41, 5.74) is 4.69. The number of anilines is 1. The van der Waals surface area contributed by atoms with Crippen LogP contribution in [0, 0.1) is 0 Å². The zero-order valence-electron chi connectivity index (χ0n) is 18.7. The second-order valence-electron chi connectivity index (χ2n) is 8.09. The number of fused-ring (bicyclic) bond motifs is 1. The molecule has 1 fully saturated rings. The number of benzene rings is 1. The number of halogens is 1. The first-order chi connectivity index (χ1) is 16.6. The van der Waals surface area contributed by atoms with E-state index >= 15 is 0 Å². The number of methoxy groups -OCH3 is 1. The van der Waals surface area contributed by atoms with Crippen molar-refractivity contribution >= 4 is 28.8 Å². The van der Waals surface area contributed by atoms with Crippen molar-refractivity contribution in [3.63, 3.8) is 0 Å². The molecule has 9 heteroatoms. The largest absolute Gasteiger partial charge is 0.495 e. The van der Waals surface area contributed by atoms with Crippen LogP contribution >= 0.6 is 11.6 Å². The van der Waals surface area contributed by atoms with Crippen molar-refractivity contribution < 1.29 is 14.6 Å². The van der Waals surface area contributed by atoms with Crippen LogP contribution in [-0.2, 0) is 6.61 Å². The number of aliphatic hydroxyl groups excluding tert-OH is 1. The predicted octanol–water partition coefficient (Wildman–Crippen LogP) is 3.51.